The summed E-state index contributed by atoms with van der Waals surface area (Å²) < 4.78 is 74.8. The zero-order valence-corrected chi connectivity index (χ0v) is 42.5. The van der Waals surface area contributed by atoms with E-state index in [4.69, 9.17) is 28.4 Å². The van der Waals surface area contributed by atoms with Gasteiger partial charge >= 0.3 is 26.6 Å². The number of Topliss-reactive ketones (excluding diaryl/α,β-unsaturated/α-hetero) is 1. The van der Waals surface area contributed by atoms with Crippen LogP contribution in [0.3, 0.4) is 0 Å². The number of pyridine rings is 1. The van der Waals surface area contributed by atoms with Crippen molar-refractivity contribution in [2.24, 2.45) is 27.8 Å². The number of hydrogen-bond donors (Lipinski definition) is 3. The molecule has 3 saturated carbocycles. The molecule has 1 saturated heterocycles. The van der Waals surface area contributed by atoms with Gasteiger partial charge in [0.05, 0.1) is 60.9 Å². The third-order valence-corrected chi connectivity index (χ3v) is 13.9. The van der Waals surface area contributed by atoms with Gasteiger partial charge in [-0.3, -0.25) is 27.5 Å². The molecule has 19 nitrogen and oxygen atoms in total. The summed E-state index contributed by atoms with van der Waals surface area (Å²) in [5.74, 6) is -2.63. The number of ether oxygens (including phenoxy) is 3. The Bertz CT molecular complexity index is 2620. The Kier molecular flexibility index (Phi) is 15.7. The number of amides is 2. The first kappa shape index (κ1) is 52.6. The molecule has 0 spiro atoms. The second-order valence-corrected chi connectivity index (χ2v) is 23.6. The Morgan fingerprint density at radius 2 is 1.63 bits per heavy atom. The zero-order chi connectivity index (χ0) is 50.1. The Morgan fingerprint density at radius 1 is 0.971 bits per heavy atom. The Hall–Kier alpha value is -4.74. The molecule has 0 radical (unpaired) electrons. The summed E-state index contributed by atoms with van der Waals surface area (Å²) in [5.41, 5.74) is -1.17. The molecule has 2 aromatic heterocycles. The molecular formula is C46H64N6O13S3. The number of likely N-dealkylation sites (tertiary alicyclic amines) is 1. The summed E-state index contributed by atoms with van der Waals surface area (Å²) in [7, 11) is -6.51. The smallest absolute Gasteiger partial charge is 0.362 e. The summed E-state index contributed by atoms with van der Waals surface area (Å²) >= 11 is 1.45. The van der Waals surface area contributed by atoms with Crippen molar-refractivity contribution in [3.8, 4) is 22.9 Å². The number of anilines is 1. The van der Waals surface area contributed by atoms with E-state index in [1.54, 1.807) is 46.1 Å². The highest BCUT2D eigenvalue weighted by molar-refractivity contribution is 7.85. The van der Waals surface area contributed by atoms with E-state index < -0.39 is 90.7 Å². The molecule has 4 fully saturated rings. The van der Waals surface area contributed by atoms with Crippen molar-refractivity contribution in [2.75, 3.05) is 19.0 Å². The van der Waals surface area contributed by atoms with Gasteiger partial charge in [-0.05, 0) is 90.2 Å². The number of hydrogen-bond acceptors (Lipinski definition) is 17. The SMILES string of the molecule is C=C[C@@H]1C[C@]1(CC(=O)[C@@H]1C[C@@H](Oc2cc(-c3csc(NC(C)C)n3)nc3cc(OC)ccc23)CN1C(=O)[C@@H](CC(=O)OC(C)(C)C)C(C)(C)C)C(=O)NS(=O)(=O)OC1CC1.NS(=O)(=O)OC1CC1. The molecule has 3 aliphatic carbocycles. The second kappa shape index (κ2) is 20.3. The van der Waals surface area contributed by atoms with Crippen LogP contribution in [0.1, 0.15) is 107 Å². The quantitative estimate of drug-likeness (QED) is 0.0920. The van der Waals surface area contributed by atoms with Crippen LogP contribution >= 0.6 is 11.3 Å². The number of carbonyl (C=O) groups is 4. The van der Waals surface area contributed by atoms with E-state index in [1.807, 2.05) is 50.8 Å². The number of aromatic nitrogens is 2. The van der Waals surface area contributed by atoms with Gasteiger partial charge in [-0.1, -0.05) is 26.8 Å². The van der Waals surface area contributed by atoms with E-state index in [2.05, 4.69) is 21.2 Å². The Balaban J connectivity index is 0.000000861. The maximum Gasteiger partial charge on any atom is 0.362 e. The van der Waals surface area contributed by atoms with Gasteiger partial charge in [-0.2, -0.15) is 16.8 Å². The van der Waals surface area contributed by atoms with E-state index in [0.29, 0.717) is 46.6 Å². The number of allylic oxidation sites excluding steroid dienone is 1. The van der Waals surface area contributed by atoms with Crippen LogP contribution in [0.15, 0.2) is 42.3 Å². The van der Waals surface area contributed by atoms with Gasteiger partial charge in [0.2, 0.25) is 11.8 Å². The third kappa shape index (κ3) is 14.2. The van der Waals surface area contributed by atoms with Gasteiger partial charge in [0, 0.05) is 41.8 Å². The number of ketones is 1. The number of nitrogens with two attached hydrogens (primary N) is 1. The molecule has 2 amide bonds. The van der Waals surface area contributed by atoms with Gasteiger partial charge in [0.15, 0.2) is 10.9 Å². The molecule has 5 atom stereocenters. The van der Waals surface area contributed by atoms with E-state index in [9.17, 15) is 36.0 Å². The fraction of sp³-hybridized carbons (Fsp3) is 0.609. The lowest BCUT2D eigenvalue weighted by atomic mass is 9.77. The molecule has 4 aliphatic rings. The van der Waals surface area contributed by atoms with Crippen LogP contribution in [0, 0.1) is 22.7 Å². The zero-order valence-electron chi connectivity index (χ0n) is 40.0. The van der Waals surface area contributed by atoms with Crippen LogP contribution < -0.4 is 24.7 Å². The van der Waals surface area contributed by atoms with Crippen LogP contribution in [0.25, 0.3) is 22.3 Å². The van der Waals surface area contributed by atoms with Gasteiger partial charge in [-0.15, -0.1) is 17.9 Å². The number of nitrogens with one attached hydrogen (secondary N) is 2. The first-order chi connectivity index (χ1) is 31.6. The maximum absolute atomic E-state index is 14.8. The fourth-order valence-electron chi connectivity index (χ4n) is 7.91. The number of methoxy groups -OCH3 is 1. The standard InChI is InChI=1S/C43H57N5O10S2.C3H7NO3S/c1-11-25-20-43(25,39(52)47-60(53,54)58-26-12-13-26)21-35(49)34-17-28(22-48(34)38(51)30(41(4,5)6)18-37(50)57-42(7,8)9)56-36-19-32(33-23-59-40(46-33)44-24(2)3)45-31-16-27(55-10)14-15-29(31)36;4-8(5,6)7-3-1-2-3/h11,14-16,19,23-26,28,30,34H,1,12-13,17-18,20-22H2,2-10H3,(H,44,46)(H,47,52);3H,1-2H2,(H2,4,5,6)/t25-,28-,30-,34+,43-;/m1./s1. The molecular weight excluding hydrogens is 941 g/mol. The minimum absolute atomic E-state index is 0.0156. The fourth-order valence-corrected chi connectivity index (χ4v) is 10.4. The van der Waals surface area contributed by atoms with Crippen molar-refractivity contribution in [2.45, 2.75) is 143 Å². The molecule has 1 aliphatic heterocycles. The molecule has 22 heteroatoms. The van der Waals surface area contributed by atoms with E-state index in [-0.39, 0.29) is 44.4 Å². The number of thiazole rings is 1. The van der Waals surface area contributed by atoms with Gasteiger partial charge < -0.3 is 24.4 Å². The maximum atomic E-state index is 14.8. The second-order valence-electron chi connectivity index (χ2n) is 20.2. The molecule has 1 aromatic carbocycles. The summed E-state index contributed by atoms with van der Waals surface area (Å²) in [5, 5.41) is 11.1. The minimum Gasteiger partial charge on any atom is -0.497 e. The van der Waals surface area contributed by atoms with Gasteiger partial charge in [0.1, 0.15) is 28.9 Å². The molecule has 3 aromatic rings. The van der Waals surface area contributed by atoms with Crippen LogP contribution in [0.4, 0.5) is 5.13 Å². The summed E-state index contributed by atoms with van der Waals surface area (Å²) in [6.45, 7) is 18.7. The van der Waals surface area contributed by atoms with E-state index in [0.717, 1.165) is 18.0 Å². The lowest BCUT2D eigenvalue weighted by molar-refractivity contribution is -0.161. The van der Waals surface area contributed by atoms with Crippen LogP contribution in [0.2, 0.25) is 0 Å². The highest BCUT2D eigenvalue weighted by Gasteiger charge is 2.61. The topological polar surface area (TPSA) is 262 Å². The number of fused-ring (bicyclic) bond motifs is 1. The van der Waals surface area contributed by atoms with Crippen molar-refractivity contribution in [3.63, 3.8) is 0 Å². The number of rotatable bonds is 19. The molecule has 7 rings (SSSR count). The molecule has 68 heavy (non-hydrogen) atoms. The molecule has 3 heterocycles. The highest BCUT2D eigenvalue weighted by Crippen LogP contribution is 2.57. The van der Waals surface area contributed by atoms with Crippen LogP contribution in [-0.4, -0.2) is 105 Å². The summed E-state index contributed by atoms with van der Waals surface area (Å²) in [6, 6.07) is 6.29. The molecule has 0 bridgehead atoms. The Labute approximate surface area is 402 Å². The van der Waals surface area contributed by atoms with Crippen molar-refractivity contribution in [1.29, 1.82) is 0 Å². The Morgan fingerprint density at radius 3 is 2.18 bits per heavy atom. The van der Waals surface area contributed by atoms with Crippen molar-refractivity contribution >= 4 is 71.5 Å². The van der Waals surface area contributed by atoms with Crippen LogP contribution in [0.5, 0.6) is 11.5 Å². The highest BCUT2D eigenvalue weighted by atomic mass is 32.2. The van der Waals surface area contributed by atoms with E-state index in [1.165, 1.54) is 22.3 Å². The third-order valence-electron chi connectivity index (χ3n) is 11.7. The van der Waals surface area contributed by atoms with Crippen molar-refractivity contribution in [1.82, 2.24) is 19.6 Å². The van der Waals surface area contributed by atoms with Crippen LogP contribution in [-0.2, 0) is 52.9 Å². The molecule has 4 N–H and O–H groups in total. The predicted octanol–water partition coefficient (Wildman–Crippen LogP) is 5.99. The average molecular weight is 1010 g/mol. The monoisotopic (exact) mass is 1000 g/mol. The molecule has 0 unspecified atom stereocenters. The van der Waals surface area contributed by atoms with Gasteiger partial charge in [0.25, 0.3) is 0 Å². The largest absolute Gasteiger partial charge is 0.497 e. The number of nitrogens with zero attached hydrogens (tertiary/aromatic N) is 3. The number of benzene rings is 1. The summed E-state index contributed by atoms with van der Waals surface area (Å²) in [4.78, 5) is 67.5. The first-order valence-electron chi connectivity index (χ1n) is 22.6. The van der Waals surface area contributed by atoms with Crippen molar-refractivity contribution < 1.29 is 58.6 Å². The minimum atomic E-state index is -4.41. The summed E-state index contributed by atoms with van der Waals surface area (Å²) in [6.07, 6.45) is 2.64. The number of esters is 1. The van der Waals surface area contributed by atoms with Gasteiger partial charge in [-0.25, -0.2) is 19.8 Å². The lowest BCUT2D eigenvalue weighted by Crippen LogP contribution is -2.48. The predicted molar refractivity (Wildman–Crippen MR) is 255 cm³/mol. The first-order valence-corrected chi connectivity index (χ1v) is 26.4. The molecule has 374 valence electrons. The lowest BCUT2D eigenvalue weighted by Gasteiger charge is -2.35. The normalized spacial score (nSPS) is 22.2. The average Bonchev–Trinajstić information content (AvgIpc) is 4.18. The van der Waals surface area contributed by atoms with E-state index >= 15 is 0 Å². The number of carbonyl (C=O) groups excluding carboxylic acids is 4. The van der Waals surface area contributed by atoms with Crippen molar-refractivity contribution in [3.05, 3.63) is 42.3 Å².